The maximum Gasteiger partial charge on any atom is 0.224 e. The van der Waals surface area contributed by atoms with E-state index in [9.17, 15) is 13.2 Å². The SMILES string of the molecule is CCOc1ncccc1CNC(=O)C1CCCN(S(C)(=O)=O)C1. The van der Waals surface area contributed by atoms with Crippen molar-refractivity contribution in [3.63, 3.8) is 0 Å². The van der Waals surface area contributed by atoms with Gasteiger partial charge in [-0.3, -0.25) is 4.79 Å². The van der Waals surface area contributed by atoms with Gasteiger partial charge in [-0.25, -0.2) is 17.7 Å². The molecule has 0 aromatic carbocycles. The van der Waals surface area contributed by atoms with Gasteiger partial charge >= 0.3 is 0 Å². The minimum Gasteiger partial charge on any atom is -0.478 e. The Morgan fingerprint density at radius 1 is 1.52 bits per heavy atom. The van der Waals surface area contributed by atoms with Crippen LogP contribution in [0.1, 0.15) is 25.3 Å². The van der Waals surface area contributed by atoms with Gasteiger partial charge in [0, 0.05) is 31.4 Å². The zero-order valence-corrected chi connectivity index (χ0v) is 14.3. The fraction of sp³-hybridized carbons (Fsp3) is 0.600. The molecule has 2 heterocycles. The van der Waals surface area contributed by atoms with E-state index in [1.165, 1.54) is 10.6 Å². The Morgan fingerprint density at radius 3 is 3.00 bits per heavy atom. The summed E-state index contributed by atoms with van der Waals surface area (Å²) in [6.07, 6.45) is 4.21. The van der Waals surface area contributed by atoms with Crippen LogP contribution in [0.4, 0.5) is 0 Å². The first-order chi connectivity index (χ1) is 10.9. The molecule has 1 unspecified atom stereocenters. The summed E-state index contributed by atoms with van der Waals surface area (Å²) in [6, 6.07) is 3.64. The highest BCUT2D eigenvalue weighted by atomic mass is 32.2. The molecule has 1 aliphatic rings. The minimum atomic E-state index is -3.25. The number of hydrogen-bond donors (Lipinski definition) is 1. The van der Waals surface area contributed by atoms with Gasteiger partial charge < -0.3 is 10.1 Å². The number of aromatic nitrogens is 1. The first-order valence-electron chi connectivity index (χ1n) is 7.71. The predicted molar refractivity (Wildman–Crippen MR) is 86.4 cm³/mol. The summed E-state index contributed by atoms with van der Waals surface area (Å²) in [5, 5.41) is 2.86. The topological polar surface area (TPSA) is 88.6 Å². The van der Waals surface area contributed by atoms with E-state index < -0.39 is 10.0 Å². The number of sulfonamides is 1. The lowest BCUT2D eigenvalue weighted by atomic mass is 9.99. The summed E-state index contributed by atoms with van der Waals surface area (Å²) in [7, 11) is -3.25. The van der Waals surface area contributed by atoms with Crippen LogP contribution in [-0.2, 0) is 21.4 Å². The van der Waals surface area contributed by atoms with Crippen molar-refractivity contribution in [1.29, 1.82) is 0 Å². The van der Waals surface area contributed by atoms with Crippen molar-refractivity contribution >= 4 is 15.9 Å². The van der Waals surface area contributed by atoms with E-state index in [1.807, 2.05) is 13.0 Å². The lowest BCUT2D eigenvalue weighted by molar-refractivity contribution is -0.126. The van der Waals surface area contributed by atoms with Crippen LogP contribution in [-0.4, -0.2) is 49.6 Å². The van der Waals surface area contributed by atoms with Gasteiger partial charge in [0.15, 0.2) is 0 Å². The second kappa shape index (κ2) is 7.74. The smallest absolute Gasteiger partial charge is 0.224 e. The van der Waals surface area contributed by atoms with Crippen LogP contribution in [0.2, 0.25) is 0 Å². The zero-order valence-electron chi connectivity index (χ0n) is 13.5. The molecule has 0 radical (unpaired) electrons. The quantitative estimate of drug-likeness (QED) is 0.825. The molecule has 128 valence electrons. The maximum atomic E-state index is 12.3. The number of rotatable bonds is 6. The summed E-state index contributed by atoms with van der Waals surface area (Å²) in [6.45, 7) is 3.43. The van der Waals surface area contributed by atoms with Crippen LogP contribution in [0.3, 0.4) is 0 Å². The van der Waals surface area contributed by atoms with Gasteiger partial charge in [0.25, 0.3) is 0 Å². The highest BCUT2D eigenvalue weighted by molar-refractivity contribution is 7.88. The molecule has 1 atom stereocenters. The second-order valence-electron chi connectivity index (χ2n) is 5.58. The Bertz CT molecular complexity index is 648. The molecule has 1 aromatic heterocycles. The van der Waals surface area contributed by atoms with Crippen LogP contribution in [0.15, 0.2) is 18.3 Å². The molecule has 7 nitrogen and oxygen atoms in total. The molecule has 1 aliphatic heterocycles. The van der Waals surface area contributed by atoms with Crippen LogP contribution < -0.4 is 10.1 Å². The molecule has 1 aromatic rings. The van der Waals surface area contributed by atoms with E-state index in [2.05, 4.69) is 10.3 Å². The van der Waals surface area contributed by atoms with Gasteiger partial charge in [0.1, 0.15) is 0 Å². The Kier molecular flexibility index (Phi) is 5.95. The molecule has 0 bridgehead atoms. The second-order valence-corrected chi connectivity index (χ2v) is 7.56. The van der Waals surface area contributed by atoms with E-state index in [0.29, 0.717) is 38.4 Å². The molecule has 1 N–H and O–H groups in total. The summed E-state index contributed by atoms with van der Waals surface area (Å²) in [5.74, 6) is 0.0621. The van der Waals surface area contributed by atoms with Gasteiger partial charge in [-0.2, -0.15) is 0 Å². The van der Waals surface area contributed by atoms with Crippen molar-refractivity contribution in [3.8, 4) is 5.88 Å². The molecule has 8 heteroatoms. The van der Waals surface area contributed by atoms with Gasteiger partial charge in [0.05, 0.1) is 18.8 Å². The normalized spacial score (nSPS) is 19.3. The molecule has 0 aliphatic carbocycles. The van der Waals surface area contributed by atoms with Crippen LogP contribution in [0.5, 0.6) is 5.88 Å². The number of ether oxygens (including phenoxy) is 1. The molecule has 1 saturated heterocycles. The highest BCUT2D eigenvalue weighted by Gasteiger charge is 2.30. The van der Waals surface area contributed by atoms with Gasteiger partial charge in [-0.15, -0.1) is 0 Å². The molecular formula is C15H23N3O4S. The van der Waals surface area contributed by atoms with Crippen molar-refractivity contribution in [2.45, 2.75) is 26.3 Å². The monoisotopic (exact) mass is 341 g/mol. The molecule has 1 amide bonds. The number of amides is 1. The third-order valence-corrected chi connectivity index (χ3v) is 5.08. The number of carbonyl (C=O) groups is 1. The van der Waals surface area contributed by atoms with Crippen molar-refractivity contribution in [2.75, 3.05) is 26.0 Å². The van der Waals surface area contributed by atoms with Crippen LogP contribution >= 0.6 is 0 Å². The standard InChI is InChI=1S/C15H23N3O4S/c1-3-22-15-12(6-4-8-16-15)10-17-14(19)13-7-5-9-18(11-13)23(2,20)21/h4,6,8,13H,3,5,7,9-11H2,1-2H3,(H,17,19). The average molecular weight is 341 g/mol. The fourth-order valence-corrected chi connectivity index (χ4v) is 3.52. The Balaban J connectivity index is 1.95. The molecule has 0 spiro atoms. The van der Waals surface area contributed by atoms with Gasteiger partial charge in [0.2, 0.25) is 21.8 Å². The zero-order chi connectivity index (χ0) is 16.9. The highest BCUT2D eigenvalue weighted by Crippen LogP contribution is 2.19. The number of hydrogen-bond acceptors (Lipinski definition) is 5. The van der Waals surface area contributed by atoms with Crippen molar-refractivity contribution < 1.29 is 17.9 Å². The summed E-state index contributed by atoms with van der Waals surface area (Å²) >= 11 is 0. The third kappa shape index (κ3) is 4.90. The number of piperidine rings is 1. The molecule has 0 saturated carbocycles. The number of pyridine rings is 1. The first-order valence-corrected chi connectivity index (χ1v) is 9.56. The molecule has 1 fully saturated rings. The number of nitrogens with one attached hydrogen (secondary N) is 1. The third-order valence-electron chi connectivity index (χ3n) is 3.81. The average Bonchev–Trinajstić information content (AvgIpc) is 2.53. The molecule has 2 rings (SSSR count). The summed E-state index contributed by atoms with van der Waals surface area (Å²) < 4.78 is 30.0. The van der Waals surface area contributed by atoms with E-state index in [4.69, 9.17) is 4.74 Å². The van der Waals surface area contributed by atoms with E-state index >= 15 is 0 Å². The van der Waals surface area contributed by atoms with Crippen LogP contribution in [0, 0.1) is 5.92 Å². The van der Waals surface area contributed by atoms with Crippen molar-refractivity contribution in [2.24, 2.45) is 5.92 Å². The van der Waals surface area contributed by atoms with Gasteiger partial charge in [-0.05, 0) is 25.8 Å². The Morgan fingerprint density at radius 2 is 2.30 bits per heavy atom. The van der Waals surface area contributed by atoms with E-state index in [0.717, 1.165) is 5.56 Å². The first kappa shape index (κ1) is 17.7. The van der Waals surface area contributed by atoms with E-state index in [1.54, 1.807) is 12.3 Å². The Labute approximate surface area is 137 Å². The van der Waals surface area contributed by atoms with Crippen molar-refractivity contribution in [1.82, 2.24) is 14.6 Å². The largest absolute Gasteiger partial charge is 0.478 e. The van der Waals surface area contributed by atoms with Crippen LogP contribution in [0.25, 0.3) is 0 Å². The van der Waals surface area contributed by atoms with Gasteiger partial charge in [-0.1, -0.05) is 6.07 Å². The minimum absolute atomic E-state index is 0.135. The summed E-state index contributed by atoms with van der Waals surface area (Å²) in [4.78, 5) is 16.5. The maximum absolute atomic E-state index is 12.3. The van der Waals surface area contributed by atoms with E-state index in [-0.39, 0.29) is 18.4 Å². The molecular weight excluding hydrogens is 318 g/mol. The number of nitrogens with zero attached hydrogens (tertiary/aromatic N) is 2. The lowest BCUT2D eigenvalue weighted by Gasteiger charge is -2.30. The Hall–Kier alpha value is -1.67. The predicted octanol–water partition coefficient (Wildman–Crippen LogP) is 0.768. The lowest BCUT2D eigenvalue weighted by Crippen LogP contribution is -2.44. The summed E-state index contributed by atoms with van der Waals surface area (Å²) in [5.41, 5.74) is 0.804. The molecule has 23 heavy (non-hydrogen) atoms. The number of carbonyl (C=O) groups excluding carboxylic acids is 1. The fourth-order valence-electron chi connectivity index (χ4n) is 2.61. The van der Waals surface area contributed by atoms with Crippen molar-refractivity contribution in [3.05, 3.63) is 23.9 Å².